The van der Waals surface area contributed by atoms with Gasteiger partial charge in [0.1, 0.15) is 6.61 Å². The number of carbonyl (C=O) groups is 1. The zero-order chi connectivity index (χ0) is 18.3. The molecule has 0 atom stereocenters. The van der Waals surface area contributed by atoms with Crippen molar-refractivity contribution in [3.63, 3.8) is 0 Å². The Balaban J connectivity index is 1.55. The predicted molar refractivity (Wildman–Crippen MR) is 102 cm³/mol. The SMILES string of the molecule is O=C(Nc1nc2cc(F)c(OCc3c(Cl)cccc3Cl)cc2s1)C1CC1. The number of thiazole rings is 1. The van der Waals surface area contributed by atoms with Gasteiger partial charge in [0, 0.05) is 33.7 Å². The second kappa shape index (κ2) is 7.02. The van der Waals surface area contributed by atoms with Crippen LogP contribution in [-0.2, 0) is 11.4 Å². The maximum atomic E-state index is 14.3. The molecule has 0 spiro atoms. The lowest BCUT2D eigenvalue weighted by atomic mass is 10.2. The number of hydrogen-bond donors (Lipinski definition) is 1. The number of anilines is 1. The minimum Gasteiger partial charge on any atom is -0.486 e. The molecule has 0 unspecified atom stereocenters. The lowest BCUT2D eigenvalue weighted by Crippen LogP contribution is -2.12. The van der Waals surface area contributed by atoms with Gasteiger partial charge in [-0.25, -0.2) is 9.37 Å². The first-order valence-electron chi connectivity index (χ1n) is 7.98. The summed E-state index contributed by atoms with van der Waals surface area (Å²) in [5, 5.41) is 4.16. The number of benzene rings is 2. The number of hydrogen-bond acceptors (Lipinski definition) is 4. The van der Waals surface area contributed by atoms with Crippen LogP contribution in [0.25, 0.3) is 10.2 Å². The molecule has 26 heavy (non-hydrogen) atoms. The summed E-state index contributed by atoms with van der Waals surface area (Å²) >= 11 is 13.5. The van der Waals surface area contributed by atoms with E-state index >= 15 is 0 Å². The smallest absolute Gasteiger partial charge is 0.229 e. The third kappa shape index (κ3) is 3.63. The minimum absolute atomic E-state index is 0.0330. The molecule has 0 bridgehead atoms. The van der Waals surface area contributed by atoms with Crippen LogP contribution in [0.1, 0.15) is 18.4 Å². The average Bonchev–Trinajstić information content (AvgIpc) is 3.37. The van der Waals surface area contributed by atoms with Crippen LogP contribution in [0.3, 0.4) is 0 Å². The fourth-order valence-electron chi connectivity index (χ4n) is 2.47. The molecule has 1 aliphatic carbocycles. The van der Waals surface area contributed by atoms with Gasteiger partial charge in [-0.2, -0.15) is 0 Å². The van der Waals surface area contributed by atoms with E-state index in [1.165, 1.54) is 17.4 Å². The highest BCUT2D eigenvalue weighted by Gasteiger charge is 2.30. The van der Waals surface area contributed by atoms with Crippen molar-refractivity contribution in [2.75, 3.05) is 5.32 Å². The average molecular weight is 411 g/mol. The van der Waals surface area contributed by atoms with E-state index in [4.69, 9.17) is 27.9 Å². The van der Waals surface area contributed by atoms with Crippen LogP contribution in [-0.4, -0.2) is 10.9 Å². The molecule has 1 heterocycles. The largest absolute Gasteiger partial charge is 0.486 e. The van der Waals surface area contributed by atoms with Crippen LogP contribution >= 0.6 is 34.5 Å². The van der Waals surface area contributed by atoms with Gasteiger partial charge >= 0.3 is 0 Å². The van der Waals surface area contributed by atoms with Crippen molar-refractivity contribution in [2.45, 2.75) is 19.4 Å². The Morgan fingerprint density at radius 3 is 2.73 bits per heavy atom. The summed E-state index contributed by atoms with van der Waals surface area (Å²) in [6.45, 7) is 0.0466. The summed E-state index contributed by atoms with van der Waals surface area (Å²) in [7, 11) is 0. The zero-order valence-electron chi connectivity index (χ0n) is 13.4. The van der Waals surface area contributed by atoms with E-state index in [0.29, 0.717) is 26.3 Å². The maximum Gasteiger partial charge on any atom is 0.229 e. The molecule has 1 aromatic heterocycles. The van der Waals surface area contributed by atoms with Crippen LogP contribution in [0.5, 0.6) is 5.75 Å². The van der Waals surface area contributed by atoms with Crippen LogP contribution < -0.4 is 10.1 Å². The summed E-state index contributed by atoms with van der Waals surface area (Å²) in [4.78, 5) is 16.1. The van der Waals surface area contributed by atoms with Crippen molar-refractivity contribution in [1.82, 2.24) is 4.98 Å². The van der Waals surface area contributed by atoms with E-state index in [1.54, 1.807) is 24.3 Å². The van der Waals surface area contributed by atoms with Crippen molar-refractivity contribution in [2.24, 2.45) is 5.92 Å². The minimum atomic E-state index is -0.536. The highest BCUT2D eigenvalue weighted by atomic mass is 35.5. The monoisotopic (exact) mass is 410 g/mol. The number of amides is 1. The van der Waals surface area contributed by atoms with Gasteiger partial charge in [-0.1, -0.05) is 40.6 Å². The predicted octanol–water partition coefficient (Wildman–Crippen LogP) is 5.67. The number of rotatable bonds is 5. The molecule has 8 heteroatoms. The van der Waals surface area contributed by atoms with Gasteiger partial charge < -0.3 is 10.1 Å². The molecule has 1 fully saturated rings. The van der Waals surface area contributed by atoms with Crippen LogP contribution in [0.4, 0.5) is 9.52 Å². The van der Waals surface area contributed by atoms with Crippen molar-refractivity contribution in [3.05, 3.63) is 51.8 Å². The summed E-state index contributed by atoms with van der Waals surface area (Å²) in [5.41, 5.74) is 1.07. The Morgan fingerprint density at radius 2 is 2.04 bits per heavy atom. The van der Waals surface area contributed by atoms with Crippen molar-refractivity contribution >= 4 is 55.8 Å². The van der Waals surface area contributed by atoms with Gasteiger partial charge in [-0.05, 0) is 25.0 Å². The molecule has 0 saturated heterocycles. The number of nitrogens with zero attached hydrogens (tertiary/aromatic N) is 1. The van der Waals surface area contributed by atoms with Gasteiger partial charge in [0.25, 0.3) is 0 Å². The van der Waals surface area contributed by atoms with Gasteiger partial charge in [0.2, 0.25) is 5.91 Å². The number of ether oxygens (including phenoxy) is 1. The first-order chi connectivity index (χ1) is 12.5. The first kappa shape index (κ1) is 17.5. The Bertz CT molecular complexity index is 984. The Morgan fingerprint density at radius 1 is 1.31 bits per heavy atom. The van der Waals surface area contributed by atoms with E-state index < -0.39 is 5.82 Å². The van der Waals surface area contributed by atoms with E-state index in [-0.39, 0.29) is 24.2 Å². The third-order valence-corrected chi connectivity index (χ3v) is 5.70. The molecule has 0 radical (unpaired) electrons. The van der Waals surface area contributed by atoms with Gasteiger partial charge in [0.05, 0.1) is 10.2 Å². The van der Waals surface area contributed by atoms with Crippen molar-refractivity contribution in [3.8, 4) is 5.75 Å². The van der Waals surface area contributed by atoms with E-state index in [9.17, 15) is 9.18 Å². The van der Waals surface area contributed by atoms with Gasteiger partial charge in [-0.3, -0.25) is 4.79 Å². The maximum absolute atomic E-state index is 14.3. The second-order valence-corrected chi connectivity index (χ2v) is 7.87. The van der Waals surface area contributed by atoms with Crippen molar-refractivity contribution < 1.29 is 13.9 Å². The molecule has 1 aliphatic rings. The molecular weight excluding hydrogens is 398 g/mol. The highest BCUT2D eigenvalue weighted by Crippen LogP contribution is 2.35. The van der Waals surface area contributed by atoms with E-state index in [2.05, 4.69) is 10.3 Å². The van der Waals surface area contributed by atoms with Crippen LogP contribution in [0, 0.1) is 11.7 Å². The Hall–Kier alpha value is -1.89. The summed E-state index contributed by atoms with van der Waals surface area (Å²) in [6, 6.07) is 7.99. The molecule has 1 amide bonds. The number of carbonyl (C=O) groups excluding carboxylic acids is 1. The quantitative estimate of drug-likeness (QED) is 0.589. The highest BCUT2D eigenvalue weighted by molar-refractivity contribution is 7.22. The Kier molecular flexibility index (Phi) is 4.73. The molecule has 134 valence electrons. The molecular formula is C18H13Cl2FN2O2S. The molecule has 3 aromatic rings. The summed E-state index contributed by atoms with van der Waals surface area (Å²) in [5.74, 6) is -0.407. The Labute approximate surface area is 162 Å². The second-order valence-electron chi connectivity index (χ2n) is 6.02. The standard InChI is InChI=1S/C18H13Cl2FN2O2S/c19-11-2-1-3-12(20)10(11)8-25-15-7-16-14(6-13(15)21)22-18(26-16)23-17(24)9-4-5-9/h1-3,6-7,9H,4-5,8H2,(H,22,23,24). The summed E-state index contributed by atoms with van der Waals surface area (Å²) in [6.07, 6.45) is 1.82. The molecule has 4 nitrogen and oxygen atoms in total. The zero-order valence-corrected chi connectivity index (χ0v) is 15.7. The number of fused-ring (bicyclic) bond motifs is 1. The van der Waals surface area contributed by atoms with Crippen molar-refractivity contribution in [1.29, 1.82) is 0 Å². The van der Waals surface area contributed by atoms with E-state index in [1.807, 2.05) is 0 Å². The lowest BCUT2D eigenvalue weighted by molar-refractivity contribution is -0.117. The normalized spacial score (nSPS) is 13.8. The number of aromatic nitrogens is 1. The summed E-state index contributed by atoms with van der Waals surface area (Å²) < 4.78 is 20.6. The molecule has 1 N–H and O–H groups in total. The van der Waals surface area contributed by atoms with E-state index in [0.717, 1.165) is 17.5 Å². The van der Waals surface area contributed by atoms with Gasteiger partial charge in [-0.15, -0.1) is 0 Å². The molecule has 0 aliphatic heterocycles. The topological polar surface area (TPSA) is 51.2 Å². The molecule has 1 saturated carbocycles. The fraction of sp³-hybridized carbons (Fsp3) is 0.222. The third-order valence-electron chi connectivity index (χ3n) is 4.05. The molecule has 2 aromatic carbocycles. The van der Waals surface area contributed by atoms with Gasteiger partial charge in [0.15, 0.2) is 16.7 Å². The van der Waals surface area contributed by atoms with Crippen LogP contribution in [0.2, 0.25) is 10.0 Å². The van der Waals surface area contributed by atoms with Crippen LogP contribution in [0.15, 0.2) is 30.3 Å². The number of nitrogens with one attached hydrogen (secondary N) is 1. The number of halogens is 3. The lowest BCUT2D eigenvalue weighted by Gasteiger charge is -2.10. The fourth-order valence-corrected chi connectivity index (χ4v) is 3.85. The first-order valence-corrected chi connectivity index (χ1v) is 9.55. The molecule has 4 rings (SSSR count).